The first-order valence-electron chi connectivity index (χ1n) is 10.4. The zero-order valence-corrected chi connectivity index (χ0v) is 17.8. The molecule has 0 bridgehead atoms. The van der Waals surface area contributed by atoms with E-state index in [0.29, 0.717) is 50.0 Å². The topological polar surface area (TPSA) is 84.7 Å². The molecule has 2 amide bonds. The number of ether oxygens (including phenoxy) is 1. The molecule has 2 aliphatic rings. The van der Waals surface area contributed by atoms with Gasteiger partial charge >= 0.3 is 0 Å². The van der Waals surface area contributed by atoms with Crippen molar-refractivity contribution in [3.63, 3.8) is 0 Å². The zero-order chi connectivity index (χ0) is 21.5. The Labute approximate surface area is 175 Å². The van der Waals surface area contributed by atoms with Crippen molar-refractivity contribution in [2.75, 3.05) is 33.8 Å². The van der Waals surface area contributed by atoms with E-state index in [0.717, 1.165) is 5.39 Å². The van der Waals surface area contributed by atoms with Crippen LogP contribution in [-0.2, 0) is 27.8 Å². The lowest BCUT2D eigenvalue weighted by molar-refractivity contribution is -0.158. The van der Waals surface area contributed by atoms with Gasteiger partial charge in [-0.15, -0.1) is 0 Å². The SMILES string of the molecule is COC1CN(C)C(=O)C2(CCN(C(=O)Cc3nn(C)c(=O)c4ccccc34)CC2)C1. The quantitative estimate of drug-likeness (QED) is 0.750. The van der Waals surface area contributed by atoms with Gasteiger partial charge in [0, 0.05) is 46.2 Å². The molecule has 1 spiro atoms. The normalized spacial score (nSPS) is 21.4. The predicted molar refractivity (Wildman–Crippen MR) is 112 cm³/mol. The van der Waals surface area contributed by atoms with E-state index >= 15 is 0 Å². The van der Waals surface area contributed by atoms with Crippen LogP contribution in [0.25, 0.3) is 10.8 Å². The fourth-order valence-electron chi connectivity index (χ4n) is 4.90. The highest BCUT2D eigenvalue weighted by Crippen LogP contribution is 2.41. The molecule has 8 heteroatoms. The number of hydrogen-bond donors (Lipinski definition) is 0. The van der Waals surface area contributed by atoms with Gasteiger partial charge in [-0.25, -0.2) is 4.68 Å². The van der Waals surface area contributed by atoms with E-state index in [2.05, 4.69) is 5.10 Å². The number of likely N-dealkylation sites (tertiary alicyclic amines) is 2. The Kier molecular flexibility index (Phi) is 5.36. The lowest BCUT2D eigenvalue weighted by Crippen LogP contribution is -2.57. The molecule has 8 nitrogen and oxygen atoms in total. The molecule has 0 N–H and O–H groups in total. The first-order valence-corrected chi connectivity index (χ1v) is 10.4. The van der Waals surface area contributed by atoms with Crippen molar-refractivity contribution >= 4 is 22.6 Å². The molecule has 2 fully saturated rings. The molecule has 2 saturated heterocycles. The van der Waals surface area contributed by atoms with Gasteiger partial charge in [-0.05, 0) is 25.3 Å². The van der Waals surface area contributed by atoms with Crippen LogP contribution in [0.5, 0.6) is 0 Å². The molecule has 160 valence electrons. The Bertz CT molecular complexity index is 1040. The average Bonchev–Trinajstić information content (AvgIpc) is 2.75. The molecule has 3 heterocycles. The summed E-state index contributed by atoms with van der Waals surface area (Å²) in [6, 6.07) is 7.25. The van der Waals surface area contributed by atoms with E-state index in [9.17, 15) is 14.4 Å². The summed E-state index contributed by atoms with van der Waals surface area (Å²) in [6.07, 6.45) is 2.17. The molecule has 2 aliphatic heterocycles. The Morgan fingerprint density at radius 1 is 1.17 bits per heavy atom. The summed E-state index contributed by atoms with van der Waals surface area (Å²) in [5, 5.41) is 5.62. The molecule has 1 atom stereocenters. The number of amides is 2. The fourth-order valence-corrected chi connectivity index (χ4v) is 4.90. The summed E-state index contributed by atoms with van der Waals surface area (Å²) in [4.78, 5) is 41.8. The molecule has 0 radical (unpaired) electrons. The third-order valence-corrected chi connectivity index (χ3v) is 6.65. The number of methoxy groups -OCH3 is 1. The van der Waals surface area contributed by atoms with Gasteiger partial charge in [-0.3, -0.25) is 14.4 Å². The summed E-state index contributed by atoms with van der Waals surface area (Å²) in [5.74, 6) is 0.134. The minimum Gasteiger partial charge on any atom is -0.380 e. The van der Waals surface area contributed by atoms with E-state index in [4.69, 9.17) is 4.74 Å². The molecule has 30 heavy (non-hydrogen) atoms. The molecule has 0 saturated carbocycles. The molecule has 2 aromatic rings. The highest BCUT2D eigenvalue weighted by Gasteiger charge is 2.48. The number of piperidine rings is 2. The van der Waals surface area contributed by atoms with Gasteiger partial charge in [0.2, 0.25) is 11.8 Å². The molecular formula is C22H28N4O4. The Morgan fingerprint density at radius 2 is 1.83 bits per heavy atom. The Balaban J connectivity index is 1.50. The largest absolute Gasteiger partial charge is 0.380 e. The smallest absolute Gasteiger partial charge is 0.274 e. The predicted octanol–water partition coefficient (Wildman–Crippen LogP) is 0.962. The molecule has 4 rings (SSSR count). The summed E-state index contributed by atoms with van der Waals surface area (Å²) in [5.41, 5.74) is -0.00765. The van der Waals surface area contributed by atoms with Crippen molar-refractivity contribution in [1.29, 1.82) is 0 Å². The Hall–Kier alpha value is -2.74. The van der Waals surface area contributed by atoms with Crippen LogP contribution >= 0.6 is 0 Å². The highest BCUT2D eigenvalue weighted by molar-refractivity contribution is 5.89. The standard InChI is InChI=1S/C22H28N4O4/c1-24-14-15(30-3)13-22(21(24)29)8-10-26(11-9-22)19(27)12-18-16-6-4-5-7-17(16)20(28)25(2)23-18/h4-7,15H,8-14H2,1-3H3. The van der Waals surface area contributed by atoms with E-state index in [1.807, 2.05) is 30.1 Å². The van der Waals surface area contributed by atoms with Crippen LogP contribution in [0.2, 0.25) is 0 Å². The number of nitrogens with zero attached hydrogens (tertiary/aromatic N) is 4. The van der Waals surface area contributed by atoms with Crippen molar-refractivity contribution in [1.82, 2.24) is 19.6 Å². The van der Waals surface area contributed by atoms with Crippen molar-refractivity contribution in [3.05, 3.63) is 40.3 Å². The van der Waals surface area contributed by atoms with Gasteiger partial charge in [0.1, 0.15) is 0 Å². The van der Waals surface area contributed by atoms with Crippen LogP contribution in [0.3, 0.4) is 0 Å². The number of aryl methyl sites for hydroxylation is 1. The lowest BCUT2D eigenvalue weighted by atomic mass is 9.71. The maximum Gasteiger partial charge on any atom is 0.274 e. The maximum atomic E-state index is 13.0. The summed E-state index contributed by atoms with van der Waals surface area (Å²) in [7, 11) is 5.11. The minimum absolute atomic E-state index is 0.0268. The van der Waals surface area contributed by atoms with E-state index < -0.39 is 5.41 Å². The number of carbonyl (C=O) groups is 2. The van der Waals surface area contributed by atoms with Gasteiger partial charge in [0.25, 0.3) is 5.56 Å². The summed E-state index contributed by atoms with van der Waals surface area (Å²) >= 11 is 0. The van der Waals surface area contributed by atoms with Crippen LogP contribution in [0.4, 0.5) is 0 Å². The number of likely N-dealkylation sites (N-methyl/N-ethyl adjacent to an activating group) is 1. The van der Waals surface area contributed by atoms with Crippen LogP contribution in [0.15, 0.2) is 29.1 Å². The number of carbonyl (C=O) groups excluding carboxylic acids is 2. The van der Waals surface area contributed by atoms with Gasteiger partial charge in [0.15, 0.2) is 0 Å². The van der Waals surface area contributed by atoms with E-state index in [-0.39, 0.29) is 29.9 Å². The number of benzene rings is 1. The van der Waals surface area contributed by atoms with Crippen LogP contribution < -0.4 is 5.56 Å². The van der Waals surface area contributed by atoms with Gasteiger partial charge in [0.05, 0.1) is 29.0 Å². The van der Waals surface area contributed by atoms with Crippen molar-refractivity contribution in [2.45, 2.75) is 31.8 Å². The van der Waals surface area contributed by atoms with Gasteiger partial charge in [-0.2, -0.15) is 5.10 Å². The molecule has 0 aliphatic carbocycles. The second kappa shape index (κ2) is 7.83. The second-order valence-corrected chi connectivity index (χ2v) is 8.51. The Morgan fingerprint density at radius 3 is 2.50 bits per heavy atom. The first kappa shape index (κ1) is 20.5. The number of hydrogen-bond acceptors (Lipinski definition) is 5. The minimum atomic E-state index is -0.438. The van der Waals surface area contributed by atoms with Crippen LogP contribution in [-0.4, -0.2) is 71.3 Å². The summed E-state index contributed by atoms with van der Waals surface area (Å²) in [6.45, 7) is 1.70. The van der Waals surface area contributed by atoms with Crippen LogP contribution in [0.1, 0.15) is 25.0 Å². The highest BCUT2D eigenvalue weighted by atomic mass is 16.5. The monoisotopic (exact) mass is 412 g/mol. The van der Waals surface area contributed by atoms with Crippen molar-refractivity contribution in [2.24, 2.45) is 12.5 Å². The molecular weight excluding hydrogens is 384 g/mol. The third-order valence-electron chi connectivity index (χ3n) is 6.65. The zero-order valence-electron chi connectivity index (χ0n) is 17.8. The molecule has 1 unspecified atom stereocenters. The average molecular weight is 412 g/mol. The fraction of sp³-hybridized carbons (Fsp3) is 0.545. The van der Waals surface area contributed by atoms with Gasteiger partial charge in [-0.1, -0.05) is 18.2 Å². The number of aromatic nitrogens is 2. The van der Waals surface area contributed by atoms with Gasteiger partial charge < -0.3 is 14.5 Å². The number of rotatable bonds is 3. The van der Waals surface area contributed by atoms with Crippen molar-refractivity contribution in [3.8, 4) is 0 Å². The third kappa shape index (κ3) is 3.49. The molecule has 1 aromatic carbocycles. The second-order valence-electron chi connectivity index (χ2n) is 8.51. The molecule has 1 aromatic heterocycles. The first-order chi connectivity index (χ1) is 14.3. The lowest BCUT2D eigenvalue weighted by Gasteiger charge is -2.47. The summed E-state index contributed by atoms with van der Waals surface area (Å²) < 4.78 is 6.83. The van der Waals surface area contributed by atoms with E-state index in [1.54, 1.807) is 25.1 Å². The van der Waals surface area contributed by atoms with Crippen molar-refractivity contribution < 1.29 is 14.3 Å². The van der Waals surface area contributed by atoms with Crippen LogP contribution in [0, 0.1) is 5.41 Å². The maximum absolute atomic E-state index is 13.0. The number of fused-ring (bicyclic) bond motifs is 1. The van der Waals surface area contributed by atoms with E-state index in [1.165, 1.54) is 4.68 Å².